The van der Waals surface area contributed by atoms with Crippen molar-refractivity contribution in [3.63, 3.8) is 0 Å². The van der Waals surface area contributed by atoms with Gasteiger partial charge in [0.15, 0.2) is 5.78 Å². The molecule has 53 heavy (non-hydrogen) atoms. The largest absolute Gasteiger partial charge is 0.496 e. The first-order chi connectivity index (χ1) is 25.5. The molecule has 0 spiro atoms. The fourth-order valence-electron chi connectivity index (χ4n) is 8.06. The Morgan fingerprint density at radius 1 is 1.09 bits per heavy atom. The van der Waals surface area contributed by atoms with Crippen LogP contribution in [0.5, 0.6) is 11.6 Å². The molecule has 3 fully saturated rings. The lowest BCUT2D eigenvalue weighted by atomic mass is 9.90. The number of pyridine rings is 1. The third-order valence-corrected chi connectivity index (χ3v) is 13.3. The molecule has 4 heterocycles. The van der Waals surface area contributed by atoms with E-state index in [0.717, 1.165) is 35.6 Å². The summed E-state index contributed by atoms with van der Waals surface area (Å²) < 4.78 is 45.9. The molecule has 0 radical (unpaired) electrons. The lowest BCUT2D eigenvalue weighted by molar-refractivity contribution is -0.151. The summed E-state index contributed by atoms with van der Waals surface area (Å²) in [7, 11) is -2.23. The SMILES string of the molecule is COc1cc2ccnc3c2cc1/C=C/C[C@@H](C)COC(=O)C[C@H]1CCCCC/C=C\[C@@H]2C[C@@]2(C(=O)NS(=O)(=O)C2CC2)CC(=O)[C@@H]2C[C@H](CN2C1=O)O3. The second-order valence-corrected chi connectivity index (χ2v) is 17.6. The minimum absolute atomic E-state index is 0.0224. The Balaban J connectivity index is 1.24. The zero-order valence-corrected chi connectivity index (χ0v) is 31.3. The molecule has 2 aliphatic carbocycles. The van der Waals surface area contributed by atoms with Gasteiger partial charge in [0.25, 0.3) is 0 Å². The van der Waals surface area contributed by atoms with E-state index in [1.165, 1.54) is 4.90 Å². The van der Waals surface area contributed by atoms with E-state index in [1.54, 1.807) is 13.3 Å². The maximum atomic E-state index is 14.6. The highest BCUT2D eigenvalue weighted by atomic mass is 32.2. The van der Waals surface area contributed by atoms with Crippen molar-refractivity contribution in [3.8, 4) is 11.6 Å². The normalized spacial score (nSPS) is 31.2. The number of ether oxygens (including phenoxy) is 3. The van der Waals surface area contributed by atoms with Gasteiger partial charge in [-0.3, -0.25) is 23.9 Å². The van der Waals surface area contributed by atoms with Crippen LogP contribution in [-0.2, 0) is 33.9 Å². The fourth-order valence-corrected chi connectivity index (χ4v) is 9.45. The Hall–Kier alpha value is -4.26. The molecule has 284 valence electrons. The van der Waals surface area contributed by atoms with Gasteiger partial charge in [-0.1, -0.05) is 44.1 Å². The lowest BCUT2D eigenvalue weighted by Gasteiger charge is -2.29. The highest BCUT2D eigenvalue weighted by Gasteiger charge is 2.61. The first-order valence-corrected chi connectivity index (χ1v) is 20.5. The van der Waals surface area contributed by atoms with Crippen LogP contribution in [-0.4, -0.2) is 79.5 Å². The molecule has 2 amide bonds. The highest BCUT2D eigenvalue weighted by molar-refractivity contribution is 7.90. The second-order valence-electron chi connectivity index (χ2n) is 15.6. The van der Waals surface area contributed by atoms with Crippen molar-refractivity contribution in [2.75, 3.05) is 20.3 Å². The van der Waals surface area contributed by atoms with Crippen LogP contribution in [0.3, 0.4) is 0 Å². The average Bonchev–Trinajstić information content (AvgIpc) is 4.06. The van der Waals surface area contributed by atoms with Crippen LogP contribution in [0.2, 0.25) is 0 Å². The Kier molecular flexibility index (Phi) is 10.7. The lowest BCUT2D eigenvalue weighted by Crippen LogP contribution is -2.46. The van der Waals surface area contributed by atoms with Crippen LogP contribution in [0.25, 0.3) is 16.8 Å². The summed E-state index contributed by atoms with van der Waals surface area (Å²) >= 11 is 0. The van der Waals surface area contributed by atoms with Crippen molar-refractivity contribution < 1.29 is 41.8 Å². The molecule has 2 aromatic rings. The average molecular weight is 748 g/mol. The summed E-state index contributed by atoms with van der Waals surface area (Å²) in [6.07, 6.45) is 14.4. The summed E-state index contributed by atoms with van der Waals surface area (Å²) in [4.78, 5) is 62.1. The van der Waals surface area contributed by atoms with Gasteiger partial charge in [0.05, 0.1) is 43.4 Å². The fraction of sp³-hybridized carbons (Fsp3) is 0.575. The van der Waals surface area contributed by atoms with E-state index in [4.69, 9.17) is 14.2 Å². The minimum Gasteiger partial charge on any atom is -0.496 e. The molecule has 1 N–H and O–H groups in total. The molecule has 0 unspecified atom stereocenters. The van der Waals surface area contributed by atoms with Gasteiger partial charge in [0.1, 0.15) is 11.9 Å². The summed E-state index contributed by atoms with van der Waals surface area (Å²) in [5.41, 5.74) is -0.411. The van der Waals surface area contributed by atoms with Gasteiger partial charge in [-0.25, -0.2) is 13.4 Å². The van der Waals surface area contributed by atoms with Crippen molar-refractivity contribution in [1.82, 2.24) is 14.6 Å². The number of Topliss-reactive ketones (excluding diaryl/α,β-unsaturated/α-hetero) is 1. The van der Waals surface area contributed by atoms with Gasteiger partial charge >= 0.3 is 5.97 Å². The first kappa shape index (κ1) is 37.1. The molecule has 5 bridgehead atoms. The van der Waals surface area contributed by atoms with E-state index in [-0.39, 0.29) is 55.9 Å². The molecule has 3 aliphatic heterocycles. The molecule has 2 saturated carbocycles. The molecule has 13 heteroatoms. The van der Waals surface area contributed by atoms with E-state index >= 15 is 0 Å². The number of nitrogens with one attached hydrogen (secondary N) is 1. The van der Waals surface area contributed by atoms with Crippen molar-refractivity contribution in [3.05, 3.63) is 48.2 Å². The van der Waals surface area contributed by atoms with Gasteiger partial charge in [-0.05, 0) is 80.4 Å². The van der Waals surface area contributed by atoms with E-state index < -0.39 is 50.6 Å². The number of benzene rings is 1. The molecular formula is C40H49N3O9S. The van der Waals surface area contributed by atoms with Crippen LogP contribution in [0.1, 0.15) is 89.5 Å². The Morgan fingerprint density at radius 3 is 2.72 bits per heavy atom. The van der Waals surface area contributed by atoms with Gasteiger partial charge in [-0.15, -0.1) is 0 Å². The second kappa shape index (κ2) is 15.2. The van der Waals surface area contributed by atoms with E-state index in [1.807, 2.05) is 49.4 Å². The third-order valence-electron chi connectivity index (χ3n) is 11.5. The van der Waals surface area contributed by atoms with Gasteiger partial charge in [-0.2, -0.15) is 0 Å². The predicted octanol–water partition coefficient (Wildman–Crippen LogP) is 5.29. The van der Waals surface area contributed by atoms with E-state index in [9.17, 15) is 27.6 Å². The maximum Gasteiger partial charge on any atom is 0.306 e. The molecule has 12 nitrogen and oxygen atoms in total. The molecule has 5 aliphatic rings. The minimum atomic E-state index is -3.84. The monoisotopic (exact) mass is 747 g/mol. The number of carbonyl (C=O) groups excluding carboxylic acids is 4. The molecular weight excluding hydrogens is 699 g/mol. The molecule has 1 aromatic carbocycles. The smallest absolute Gasteiger partial charge is 0.306 e. The Labute approximate surface area is 310 Å². The maximum absolute atomic E-state index is 14.6. The van der Waals surface area contributed by atoms with Crippen molar-refractivity contribution in [2.24, 2.45) is 23.2 Å². The van der Waals surface area contributed by atoms with Crippen LogP contribution in [0.4, 0.5) is 0 Å². The molecule has 1 saturated heterocycles. The van der Waals surface area contributed by atoms with Crippen molar-refractivity contribution in [2.45, 2.75) is 101 Å². The van der Waals surface area contributed by atoms with Gasteiger partial charge in [0, 0.05) is 35.9 Å². The summed E-state index contributed by atoms with van der Waals surface area (Å²) in [6, 6.07) is 4.78. The summed E-state index contributed by atoms with van der Waals surface area (Å²) in [5.74, 6) is -1.73. The number of aromatic nitrogens is 1. The number of rotatable bonds is 4. The highest BCUT2D eigenvalue weighted by Crippen LogP contribution is 2.57. The standard InChI is InChI=1S/C40H49N3O9S/c1-25-9-8-11-27-17-32-26(18-35(27)50-2)15-16-41-37(32)52-30-20-33-34(44)22-40(39(47)42-53(48,49)31-13-14-31)21-29(40)12-7-5-3-4-6-10-28(19-36(45)51-24-25)38(46)43(33)23-30/h7-8,11-12,15-18,25,28-31,33H,3-6,9-10,13-14,19-24H2,1-2H3,(H,42,47)/b11-8+,12-7-/t25-,28-,29-,30-,33+,40-/m1/s1. The topological polar surface area (TPSA) is 158 Å². The zero-order valence-electron chi connectivity index (χ0n) is 30.5. The molecule has 6 atom stereocenters. The molecule has 1 aromatic heterocycles. The van der Waals surface area contributed by atoms with Gasteiger partial charge in [0.2, 0.25) is 27.7 Å². The number of cyclic esters (lactones) is 1. The van der Waals surface area contributed by atoms with Crippen LogP contribution in [0.15, 0.2) is 42.6 Å². The van der Waals surface area contributed by atoms with Crippen LogP contribution < -0.4 is 14.2 Å². The number of sulfonamides is 1. The number of hydrogen-bond donors (Lipinski definition) is 1. The number of ketones is 1. The Morgan fingerprint density at radius 2 is 1.92 bits per heavy atom. The number of amides is 2. The van der Waals surface area contributed by atoms with E-state index in [0.29, 0.717) is 50.2 Å². The number of allylic oxidation sites excluding steroid dienone is 3. The summed E-state index contributed by atoms with van der Waals surface area (Å²) in [5, 5.41) is 1.01. The quantitative estimate of drug-likeness (QED) is 0.322. The van der Waals surface area contributed by atoms with Crippen LogP contribution >= 0.6 is 0 Å². The molecule has 7 rings (SSSR count). The van der Waals surface area contributed by atoms with Gasteiger partial charge < -0.3 is 19.1 Å². The van der Waals surface area contributed by atoms with Crippen molar-refractivity contribution >= 4 is 50.4 Å². The predicted molar refractivity (Wildman–Crippen MR) is 197 cm³/mol. The third kappa shape index (κ3) is 8.14. The van der Waals surface area contributed by atoms with E-state index in [2.05, 4.69) is 9.71 Å². The number of esters is 1. The van der Waals surface area contributed by atoms with Crippen molar-refractivity contribution in [1.29, 1.82) is 0 Å². The number of hydrogen-bond acceptors (Lipinski definition) is 10. The number of carbonyl (C=O) groups is 4. The summed E-state index contributed by atoms with van der Waals surface area (Å²) in [6.45, 7) is 2.27. The number of nitrogens with zero attached hydrogens (tertiary/aromatic N) is 2. The first-order valence-electron chi connectivity index (χ1n) is 19.0. The number of methoxy groups -OCH3 is 1. The number of fused-ring (bicyclic) bond motifs is 4. The Bertz CT molecular complexity index is 1940. The zero-order chi connectivity index (χ0) is 37.3. The van der Waals surface area contributed by atoms with Crippen LogP contribution in [0, 0.1) is 23.2 Å².